The maximum absolute atomic E-state index is 8.96. The predicted octanol–water partition coefficient (Wildman–Crippen LogP) is 3.77. The van der Waals surface area contributed by atoms with Gasteiger partial charge in [0.2, 0.25) is 0 Å². The summed E-state index contributed by atoms with van der Waals surface area (Å²) in [6.45, 7) is 0.532. The van der Waals surface area contributed by atoms with Gasteiger partial charge in [0.1, 0.15) is 6.07 Å². The van der Waals surface area contributed by atoms with Gasteiger partial charge in [0.05, 0.1) is 40.1 Å². The molecule has 0 saturated heterocycles. The van der Waals surface area contributed by atoms with Gasteiger partial charge in [-0.25, -0.2) is 4.98 Å². The Labute approximate surface area is 127 Å². The number of nitrogens with zero attached hydrogens (tertiary/aromatic N) is 3. The monoisotopic (exact) mass is 294 g/mol. The summed E-state index contributed by atoms with van der Waals surface area (Å²) in [7, 11) is 0. The number of nitriles is 1. The van der Waals surface area contributed by atoms with E-state index in [4.69, 9.17) is 16.9 Å². The van der Waals surface area contributed by atoms with Crippen molar-refractivity contribution in [1.82, 2.24) is 9.97 Å². The molecule has 0 bridgehead atoms. The van der Waals surface area contributed by atoms with Crippen LogP contribution in [-0.4, -0.2) is 9.97 Å². The summed E-state index contributed by atoms with van der Waals surface area (Å²) < 4.78 is 0. The van der Waals surface area contributed by atoms with E-state index in [1.54, 1.807) is 18.3 Å². The fourth-order valence-electron chi connectivity index (χ4n) is 1.99. The smallest absolute Gasteiger partial charge is 0.101 e. The Morgan fingerprint density at radius 2 is 1.95 bits per heavy atom. The van der Waals surface area contributed by atoms with Crippen molar-refractivity contribution < 1.29 is 0 Å². The lowest BCUT2D eigenvalue weighted by Crippen LogP contribution is -2.02. The van der Waals surface area contributed by atoms with Gasteiger partial charge in [0.25, 0.3) is 0 Å². The molecule has 0 aliphatic carbocycles. The van der Waals surface area contributed by atoms with E-state index in [9.17, 15) is 0 Å². The van der Waals surface area contributed by atoms with Crippen molar-refractivity contribution in [3.05, 3.63) is 64.9 Å². The second-order valence-corrected chi connectivity index (χ2v) is 4.92. The number of halogens is 1. The van der Waals surface area contributed by atoms with Gasteiger partial charge >= 0.3 is 0 Å². The third-order valence-corrected chi connectivity index (χ3v) is 3.39. The molecule has 0 atom stereocenters. The molecular formula is C16H11ClN4. The highest BCUT2D eigenvalue weighted by Crippen LogP contribution is 2.20. The highest BCUT2D eigenvalue weighted by molar-refractivity contribution is 6.31. The third-order valence-electron chi connectivity index (χ3n) is 3.06. The van der Waals surface area contributed by atoms with Crippen molar-refractivity contribution in [3.8, 4) is 6.07 Å². The average Bonchev–Trinajstić information content (AvgIpc) is 2.54. The topological polar surface area (TPSA) is 61.6 Å². The molecule has 0 spiro atoms. The average molecular weight is 295 g/mol. The normalized spacial score (nSPS) is 10.3. The largest absolute Gasteiger partial charge is 0.379 e. The molecule has 3 aromatic rings. The molecular weight excluding hydrogens is 284 g/mol. The summed E-state index contributed by atoms with van der Waals surface area (Å²) in [5.74, 6) is 0. The Kier molecular flexibility index (Phi) is 3.67. The Morgan fingerprint density at radius 3 is 2.76 bits per heavy atom. The highest BCUT2D eigenvalue weighted by Gasteiger charge is 2.03. The Balaban J connectivity index is 1.78. The molecule has 0 fully saturated rings. The van der Waals surface area contributed by atoms with Gasteiger partial charge in [-0.1, -0.05) is 23.7 Å². The number of nitrogens with one attached hydrogen (secondary N) is 1. The van der Waals surface area contributed by atoms with E-state index >= 15 is 0 Å². The fourth-order valence-corrected chi connectivity index (χ4v) is 2.15. The molecule has 0 aliphatic heterocycles. The van der Waals surface area contributed by atoms with Crippen molar-refractivity contribution in [1.29, 1.82) is 5.26 Å². The molecule has 0 radical (unpaired) electrons. The number of fused-ring (bicyclic) bond motifs is 1. The van der Waals surface area contributed by atoms with Crippen LogP contribution in [0.2, 0.25) is 5.02 Å². The molecule has 0 amide bonds. The van der Waals surface area contributed by atoms with Crippen LogP contribution in [-0.2, 0) is 6.54 Å². The van der Waals surface area contributed by atoms with E-state index in [0.29, 0.717) is 17.1 Å². The van der Waals surface area contributed by atoms with Crippen LogP contribution in [0.4, 0.5) is 5.69 Å². The quantitative estimate of drug-likeness (QED) is 0.799. The van der Waals surface area contributed by atoms with Crippen LogP contribution in [0.5, 0.6) is 0 Å². The third kappa shape index (κ3) is 2.93. The molecule has 5 heteroatoms. The molecule has 21 heavy (non-hydrogen) atoms. The summed E-state index contributed by atoms with van der Waals surface area (Å²) in [6.07, 6.45) is 1.75. The van der Waals surface area contributed by atoms with Gasteiger partial charge in [-0.2, -0.15) is 5.26 Å². The lowest BCUT2D eigenvalue weighted by atomic mass is 10.2. The molecule has 1 N–H and O–H groups in total. The van der Waals surface area contributed by atoms with Crippen LogP contribution in [0, 0.1) is 11.3 Å². The first kappa shape index (κ1) is 13.3. The first-order chi connectivity index (χ1) is 10.3. The summed E-state index contributed by atoms with van der Waals surface area (Å²) in [5, 5.41) is 12.6. The minimum atomic E-state index is 0.450. The summed E-state index contributed by atoms with van der Waals surface area (Å²) in [5.41, 5.74) is 3.85. The highest BCUT2D eigenvalue weighted by atomic mass is 35.5. The van der Waals surface area contributed by atoms with Crippen LogP contribution in [0.15, 0.2) is 48.7 Å². The maximum Gasteiger partial charge on any atom is 0.101 e. The number of hydrogen-bond acceptors (Lipinski definition) is 4. The van der Waals surface area contributed by atoms with E-state index in [1.165, 1.54) is 0 Å². The summed E-state index contributed by atoms with van der Waals surface area (Å²) >= 11 is 5.91. The SMILES string of the molecule is N#Cc1cc(NCc2cnc3ccccc3n2)ccc1Cl. The van der Waals surface area contributed by atoms with Gasteiger partial charge in [0.15, 0.2) is 0 Å². The standard InChI is InChI=1S/C16H11ClN4/c17-14-6-5-12(7-11(14)8-18)19-9-13-10-20-15-3-1-2-4-16(15)21-13/h1-7,10,19H,9H2. The molecule has 0 saturated carbocycles. The molecule has 102 valence electrons. The summed E-state index contributed by atoms with van der Waals surface area (Å²) in [6, 6.07) is 15.0. The zero-order chi connectivity index (χ0) is 14.7. The van der Waals surface area contributed by atoms with Crippen LogP contribution in [0.3, 0.4) is 0 Å². The van der Waals surface area contributed by atoms with E-state index in [2.05, 4.69) is 21.4 Å². The second kappa shape index (κ2) is 5.78. The van der Waals surface area contributed by atoms with Gasteiger partial charge in [-0.3, -0.25) is 4.98 Å². The van der Waals surface area contributed by atoms with E-state index in [0.717, 1.165) is 22.4 Å². The van der Waals surface area contributed by atoms with Crippen LogP contribution in [0.1, 0.15) is 11.3 Å². The molecule has 1 heterocycles. The number of para-hydroxylation sites is 2. The Morgan fingerprint density at radius 1 is 1.14 bits per heavy atom. The van der Waals surface area contributed by atoms with Crippen molar-refractivity contribution >= 4 is 28.3 Å². The van der Waals surface area contributed by atoms with Crippen molar-refractivity contribution in [2.45, 2.75) is 6.54 Å². The molecule has 3 rings (SSSR count). The fraction of sp³-hybridized carbons (Fsp3) is 0.0625. The minimum Gasteiger partial charge on any atom is -0.379 e. The molecule has 1 aromatic heterocycles. The van der Waals surface area contributed by atoms with Crippen molar-refractivity contribution in [2.24, 2.45) is 0 Å². The molecule has 4 nitrogen and oxygen atoms in total. The maximum atomic E-state index is 8.96. The van der Waals surface area contributed by atoms with Crippen LogP contribution in [0.25, 0.3) is 11.0 Å². The van der Waals surface area contributed by atoms with Gasteiger partial charge in [-0.05, 0) is 30.3 Å². The zero-order valence-corrected chi connectivity index (χ0v) is 11.8. The number of anilines is 1. The number of aromatic nitrogens is 2. The van der Waals surface area contributed by atoms with E-state index in [1.807, 2.05) is 30.3 Å². The lowest BCUT2D eigenvalue weighted by Gasteiger charge is -2.07. The second-order valence-electron chi connectivity index (χ2n) is 4.51. The molecule has 0 aliphatic rings. The van der Waals surface area contributed by atoms with Crippen molar-refractivity contribution in [2.75, 3.05) is 5.32 Å². The first-order valence-corrected chi connectivity index (χ1v) is 6.78. The minimum absolute atomic E-state index is 0.450. The summed E-state index contributed by atoms with van der Waals surface area (Å²) in [4.78, 5) is 8.90. The van der Waals surface area contributed by atoms with Crippen molar-refractivity contribution in [3.63, 3.8) is 0 Å². The Hall–Kier alpha value is -2.64. The zero-order valence-electron chi connectivity index (χ0n) is 11.0. The number of rotatable bonds is 3. The van der Waals surface area contributed by atoms with Gasteiger partial charge in [-0.15, -0.1) is 0 Å². The van der Waals surface area contributed by atoms with E-state index < -0.39 is 0 Å². The number of hydrogen-bond donors (Lipinski definition) is 1. The van der Waals surface area contributed by atoms with Gasteiger partial charge < -0.3 is 5.32 Å². The molecule has 0 unspecified atom stereocenters. The predicted molar refractivity (Wildman–Crippen MR) is 83.0 cm³/mol. The van der Waals surface area contributed by atoms with Crippen LogP contribution >= 0.6 is 11.6 Å². The molecule has 2 aromatic carbocycles. The van der Waals surface area contributed by atoms with E-state index in [-0.39, 0.29) is 0 Å². The first-order valence-electron chi connectivity index (χ1n) is 6.40. The van der Waals surface area contributed by atoms with Gasteiger partial charge in [0, 0.05) is 5.69 Å². The number of benzene rings is 2. The van der Waals surface area contributed by atoms with Crippen LogP contribution < -0.4 is 5.32 Å². The Bertz CT molecular complexity index is 839. The lowest BCUT2D eigenvalue weighted by molar-refractivity contribution is 1.04.